The van der Waals surface area contributed by atoms with Crippen LogP contribution in [0.1, 0.15) is 19.8 Å². The minimum absolute atomic E-state index is 0.0410. The highest BCUT2D eigenvalue weighted by Gasteiger charge is 2.31. The van der Waals surface area contributed by atoms with Gasteiger partial charge in [0, 0.05) is 39.0 Å². The van der Waals surface area contributed by atoms with Gasteiger partial charge < -0.3 is 15.5 Å². The Balaban J connectivity index is 2.62. The average Bonchev–Trinajstić information content (AvgIpc) is 2.36. The zero-order valence-corrected chi connectivity index (χ0v) is 10.2. The summed E-state index contributed by atoms with van der Waals surface area (Å²) < 4.78 is 0. The van der Waals surface area contributed by atoms with Gasteiger partial charge in [-0.2, -0.15) is 0 Å². The van der Waals surface area contributed by atoms with Crippen molar-refractivity contribution in [3.05, 3.63) is 0 Å². The van der Waals surface area contributed by atoms with E-state index in [2.05, 4.69) is 16.6 Å². The van der Waals surface area contributed by atoms with Gasteiger partial charge in [-0.3, -0.25) is 9.59 Å². The second-order valence-corrected chi connectivity index (χ2v) is 3.91. The van der Waals surface area contributed by atoms with Crippen LogP contribution >= 0.6 is 0 Å². The van der Waals surface area contributed by atoms with Gasteiger partial charge in [0.1, 0.15) is 6.04 Å². The SMILES string of the molecule is C#CCCC(=O)N1CCNCC1C(=O)NCC. The molecule has 1 aliphatic rings. The smallest absolute Gasteiger partial charge is 0.244 e. The number of likely N-dealkylation sites (N-methyl/N-ethyl adjacent to an activating group) is 1. The number of piperazine rings is 1. The van der Waals surface area contributed by atoms with Crippen LogP contribution in [0, 0.1) is 12.3 Å². The molecule has 1 rings (SSSR count). The summed E-state index contributed by atoms with van der Waals surface area (Å²) in [6.07, 6.45) is 5.87. The minimum Gasteiger partial charge on any atom is -0.355 e. The lowest BCUT2D eigenvalue weighted by molar-refractivity contribution is -0.141. The van der Waals surface area contributed by atoms with Crippen LogP contribution in [-0.4, -0.2) is 48.9 Å². The van der Waals surface area contributed by atoms with Crippen LogP contribution in [0.2, 0.25) is 0 Å². The Morgan fingerprint density at radius 1 is 1.59 bits per heavy atom. The van der Waals surface area contributed by atoms with Crippen molar-refractivity contribution in [3.63, 3.8) is 0 Å². The summed E-state index contributed by atoms with van der Waals surface area (Å²) in [6.45, 7) is 4.22. The third-order valence-corrected chi connectivity index (χ3v) is 2.70. The number of carbonyl (C=O) groups is 2. The van der Waals surface area contributed by atoms with Gasteiger partial charge in [0.05, 0.1) is 0 Å². The van der Waals surface area contributed by atoms with E-state index in [1.165, 1.54) is 0 Å². The van der Waals surface area contributed by atoms with Gasteiger partial charge >= 0.3 is 0 Å². The van der Waals surface area contributed by atoms with Gasteiger partial charge in [-0.15, -0.1) is 12.3 Å². The second-order valence-electron chi connectivity index (χ2n) is 3.91. The lowest BCUT2D eigenvalue weighted by Gasteiger charge is -2.35. The topological polar surface area (TPSA) is 61.4 Å². The Hall–Kier alpha value is -1.54. The van der Waals surface area contributed by atoms with E-state index in [4.69, 9.17) is 6.42 Å². The maximum atomic E-state index is 11.9. The average molecular weight is 237 g/mol. The van der Waals surface area contributed by atoms with Crippen LogP contribution in [0.3, 0.4) is 0 Å². The molecule has 94 valence electrons. The zero-order chi connectivity index (χ0) is 12.7. The number of rotatable bonds is 4. The number of nitrogens with one attached hydrogen (secondary N) is 2. The van der Waals surface area contributed by atoms with Crippen molar-refractivity contribution in [2.24, 2.45) is 0 Å². The number of nitrogens with zero attached hydrogens (tertiary/aromatic N) is 1. The predicted octanol–water partition coefficient (Wildman–Crippen LogP) is -0.664. The van der Waals surface area contributed by atoms with Crippen molar-refractivity contribution < 1.29 is 9.59 Å². The molecule has 5 heteroatoms. The highest BCUT2D eigenvalue weighted by atomic mass is 16.2. The number of terminal acetylenes is 1. The summed E-state index contributed by atoms with van der Waals surface area (Å²) in [5.74, 6) is 2.30. The molecule has 1 fully saturated rings. The van der Waals surface area contributed by atoms with Crippen molar-refractivity contribution in [2.75, 3.05) is 26.2 Å². The first-order valence-corrected chi connectivity index (χ1v) is 5.92. The highest BCUT2D eigenvalue weighted by Crippen LogP contribution is 2.07. The molecule has 0 radical (unpaired) electrons. The molecule has 1 unspecified atom stereocenters. The first-order chi connectivity index (χ1) is 8.20. The van der Waals surface area contributed by atoms with E-state index in [1.807, 2.05) is 6.92 Å². The van der Waals surface area contributed by atoms with E-state index in [9.17, 15) is 9.59 Å². The Bertz CT molecular complexity index is 322. The predicted molar refractivity (Wildman–Crippen MR) is 65.1 cm³/mol. The summed E-state index contributed by atoms with van der Waals surface area (Å²) in [6, 6.07) is -0.408. The minimum atomic E-state index is -0.408. The standard InChI is InChI=1S/C12H19N3O2/c1-3-5-6-11(16)15-8-7-13-9-10(15)12(17)14-4-2/h1,10,13H,4-9H2,2H3,(H,14,17). The molecule has 0 spiro atoms. The first kappa shape index (κ1) is 13.5. The van der Waals surface area contributed by atoms with Gasteiger partial charge in [0.25, 0.3) is 0 Å². The van der Waals surface area contributed by atoms with Crippen LogP contribution in [0.25, 0.3) is 0 Å². The first-order valence-electron chi connectivity index (χ1n) is 5.92. The molecule has 2 N–H and O–H groups in total. The molecule has 0 aromatic carbocycles. The molecule has 1 aliphatic heterocycles. The lowest BCUT2D eigenvalue weighted by atomic mass is 10.1. The van der Waals surface area contributed by atoms with Crippen molar-refractivity contribution in [1.82, 2.24) is 15.5 Å². The van der Waals surface area contributed by atoms with Crippen molar-refractivity contribution in [2.45, 2.75) is 25.8 Å². The van der Waals surface area contributed by atoms with Crippen molar-refractivity contribution >= 4 is 11.8 Å². The molecule has 5 nitrogen and oxygen atoms in total. The maximum Gasteiger partial charge on any atom is 0.244 e. The molecule has 0 aromatic rings. The van der Waals surface area contributed by atoms with E-state index in [-0.39, 0.29) is 11.8 Å². The maximum absolute atomic E-state index is 11.9. The zero-order valence-electron chi connectivity index (χ0n) is 10.2. The molecular formula is C12H19N3O2. The molecule has 2 amide bonds. The van der Waals surface area contributed by atoms with Crippen LogP contribution in [0.5, 0.6) is 0 Å². The van der Waals surface area contributed by atoms with Crippen LogP contribution < -0.4 is 10.6 Å². The van der Waals surface area contributed by atoms with E-state index in [0.29, 0.717) is 32.5 Å². The van der Waals surface area contributed by atoms with Gasteiger partial charge in [-0.25, -0.2) is 0 Å². The fourth-order valence-electron chi connectivity index (χ4n) is 1.85. The number of hydrogen-bond donors (Lipinski definition) is 2. The van der Waals surface area contributed by atoms with Gasteiger partial charge in [0.15, 0.2) is 0 Å². The molecule has 1 atom stereocenters. The molecule has 17 heavy (non-hydrogen) atoms. The van der Waals surface area contributed by atoms with E-state index >= 15 is 0 Å². The molecular weight excluding hydrogens is 218 g/mol. The van der Waals surface area contributed by atoms with Gasteiger partial charge in [-0.05, 0) is 6.92 Å². The molecule has 0 aromatic heterocycles. The molecule has 0 bridgehead atoms. The number of hydrogen-bond acceptors (Lipinski definition) is 3. The van der Waals surface area contributed by atoms with E-state index in [1.54, 1.807) is 4.90 Å². The number of amides is 2. The van der Waals surface area contributed by atoms with Crippen LogP contribution in [0.15, 0.2) is 0 Å². The lowest BCUT2D eigenvalue weighted by Crippen LogP contribution is -2.59. The van der Waals surface area contributed by atoms with Gasteiger partial charge in [0.2, 0.25) is 11.8 Å². The molecule has 1 saturated heterocycles. The van der Waals surface area contributed by atoms with E-state index in [0.717, 1.165) is 6.54 Å². The Kier molecular flexibility index (Phi) is 5.50. The highest BCUT2D eigenvalue weighted by molar-refractivity contribution is 5.88. The fraction of sp³-hybridized carbons (Fsp3) is 0.667. The van der Waals surface area contributed by atoms with Crippen LogP contribution in [0.4, 0.5) is 0 Å². The van der Waals surface area contributed by atoms with Gasteiger partial charge in [-0.1, -0.05) is 0 Å². The summed E-state index contributed by atoms with van der Waals surface area (Å²) >= 11 is 0. The third-order valence-electron chi connectivity index (χ3n) is 2.70. The quantitative estimate of drug-likeness (QED) is 0.638. The third kappa shape index (κ3) is 3.75. The largest absolute Gasteiger partial charge is 0.355 e. The number of carbonyl (C=O) groups excluding carboxylic acids is 2. The second kappa shape index (κ2) is 6.92. The normalized spacial score (nSPS) is 19.5. The summed E-state index contributed by atoms with van der Waals surface area (Å²) in [7, 11) is 0. The Morgan fingerprint density at radius 2 is 2.35 bits per heavy atom. The molecule has 1 heterocycles. The van der Waals surface area contributed by atoms with Crippen molar-refractivity contribution in [3.8, 4) is 12.3 Å². The summed E-state index contributed by atoms with van der Waals surface area (Å²) in [5.41, 5.74) is 0. The summed E-state index contributed by atoms with van der Waals surface area (Å²) in [4.78, 5) is 25.3. The summed E-state index contributed by atoms with van der Waals surface area (Å²) in [5, 5.41) is 5.86. The van der Waals surface area contributed by atoms with Crippen LogP contribution in [-0.2, 0) is 9.59 Å². The fourth-order valence-corrected chi connectivity index (χ4v) is 1.85. The Morgan fingerprint density at radius 3 is 3.00 bits per heavy atom. The monoisotopic (exact) mass is 237 g/mol. The molecule has 0 aliphatic carbocycles. The molecule has 0 saturated carbocycles. The van der Waals surface area contributed by atoms with E-state index < -0.39 is 6.04 Å². The van der Waals surface area contributed by atoms with Crippen molar-refractivity contribution in [1.29, 1.82) is 0 Å². The Labute approximate surface area is 102 Å².